The van der Waals surface area contributed by atoms with Crippen molar-refractivity contribution in [1.82, 2.24) is 35.3 Å². The van der Waals surface area contributed by atoms with Crippen LogP contribution in [0.15, 0.2) is 10.4 Å². The SMILES string of the molecule is Cc1nnc(CN=C(NCCN2CCOCC2)NCc2nc(C(C)C)cs2)n1C.I. The molecular weight excluding hydrogens is 515 g/mol. The third-order valence-corrected chi connectivity index (χ3v) is 5.82. The number of ether oxygens (including phenoxy) is 1. The minimum atomic E-state index is 0. The van der Waals surface area contributed by atoms with Gasteiger partial charge in [-0.25, -0.2) is 9.98 Å². The Morgan fingerprint density at radius 2 is 2.03 bits per heavy atom. The summed E-state index contributed by atoms with van der Waals surface area (Å²) in [5.74, 6) is 2.93. The van der Waals surface area contributed by atoms with Crippen LogP contribution < -0.4 is 10.6 Å². The van der Waals surface area contributed by atoms with Gasteiger partial charge in [0.15, 0.2) is 11.8 Å². The predicted octanol–water partition coefficient (Wildman–Crippen LogP) is 1.89. The van der Waals surface area contributed by atoms with Crippen molar-refractivity contribution in [3.63, 3.8) is 0 Å². The number of aromatic nitrogens is 4. The predicted molar refractivity (Wildman–Crippen MR) is 131 cm³/mol. The van der Waals surface area contributed by atoms with Crippen LogP contribution in [-0.4, -0.2) is 70.0 Å². The van der Waals surface area contributed by atoms with Crippen LogP contribution in [0.3, 0.4) is 0 Å². The minimum absolute atomic E-state index is 0. The van der Waals surface area contributed by atoms with Gasteiger partial charge in [0.2, 0.25) is 0 Å². The Kier molecular flexibility index (Phi) is 10.4. The topological polar surface area (TPSA) is 92.5 Å². The van der Waals surface area contributed by atoms with E-state index in [1.165, 1.54) is 0 Å². The number of thiazole rings is 1. The van der Waals surface area contributed by atoms with Crippen molar-refractivity contribution < 1.29 is 4.74 Å². The first-order chi connectivity index (χ1) is 14.0. The van der Waals surface area contributed by atoms with E-state index in [-0.39, 0.29) is 24.0 Å². The molecule has 0 aromatic carbocycles. The van der Waals surface area contributed by atoms with Crippen molar-refractivity contribution in [2.75, 3.05) is 39.4 Å². The van der Waals surface area contributed by atoms with Crippen LogP contribution in [-0.2, 0) is 24.9 Å². The van der Waals surface area contributed by atoms with Gasteiger partial charge < -0.3 is 19.9 Å². The number of rotatable bonds is 8. The molecule has 0 radical (unpaired) electrons. The van der Waals surface area contributed by atoms with Crippen molar-refractivity contribution in [2.24, 2.45) is 12.0 Å². The summed E-state index contributed by atoms with van der Waals surface area (Å²) in [5.41, 5.74) is 1.14. The maximum atomic E-state index is 5.42. The van der Waals surface area contributed by atoms with Crippen molar-refractivity contribution in [1.29, 1.82) is 0 Å². The van der Waals surface area contributed by atoms with Crippen LogP contribution in [0.1, 0.15) is 42.1 Å². The van der Waals surface area contributed by atoms with E-state index in [4.69, 9.17) is 14.7 Å². The first kappa shape index (κ1) is 25.0. The molecule has 2 aromatic rings. The van der Waals surface area contributed by atoms with E-state index in [9.17, 15) is 0 Å². The molecule has 1 aliphatic rings. The number of aliphatic imine (C=N–C) groups is 1. The average Bonchev–Trinajstić information content (AvgIpc) is 3.32. The summed E-state index contributed by atoms with van der Waals surface area (Å²) in [6, 6.07) is 0. The Bertz CT molecular complexity index is 800. The fourth-order valence-electron chi connectivity index (χ4n) is 2.90. The number of hydrogen-bond donors (Lipinski definition) is 2. The molecule has 0 atom stereocenters. The van der Waals surface area contributed by atoms with E-state index in [0.29, 0.717) is 19.0 Å². The number of halogens is 1. The highest BCUT2D eigenvalue weighted by atomic mass is 127. The molecule has 2 aromatic heterocycles. The largest absolute Gasteiger partial charge is 0.379 e. The van der Waals surface area contributed by atoms with Crippen molar-refractivity contribution in [3.05, 3.63) is 27.7 Å². The highest BCUT2D eigenvalue weighted by Crippen LogP contribution is 2.17. The first-order valence-corrected chi connectivity index (χ1v) is 11.0. The smallest absolute Gasteiger partial charge is 0.192 e. The second kappa shape index (κ2) is 12.5. The highest BCUT2D eigenvalue weighted by molar-refractivity contribution is 14.0. The third-order valence-electron chi connectivity index (χ3n) is 4.95. The molecule has 2 N–H and O–H groups in total. The van der Waals surface area contributed by atoms with Gasteiger partial charge in [0.1, 0.15) is 17.4 Å². The van der Waals surface area contributed by atoms with E-state index >= 15 is 0 Å². The summed E-state index contributed by atoms with van der Waals surface area (Å²) in [4.78, 5) is 11.8. The molecule has 30 heavy (non-hydrogen) atoms. The fraction of sp³-hybridized carbons (Fsp3) is 0.684. The Hall–Kier alpha value is -1.31. The molecule has 0 bridgehead atoms. The second-order valence-corrected chi connectivity index (χ2v) is 8.39. The minimum Gasteiger partial charge on any atom is -0.379 e. The lowest BCUT2D eigenvalue weighted by Crippen LogP contribution is -2.44. The van der Waals surface area contributed by atoms with Crippen molar-refractivity contribution in [2.45, 2.75) is 39.8 Å². The lowest BCUT2D eigenvalue weighted by molar-refractivity contribution is 0.0389. The van der Waals surface area contributed by atoms with Crippen molar-refractivity contribution in [3.8, 4) is 0 Å². The molecule has 1 fully saturated rings. The summed E-state index contributed by atoms with van der Waals surface area (Å²) in [5, 5.41) is 18.3. The molecule has 0 saturated carbocycles. The Labute approximate surface area is 199 Å². The van der Waals surface area contributed by atoms with E-state index in [0.717, 1.165) is 67.7 Å². The summed E-state index contributed by atoms with van der Waals surface area (Å²) < 4.78 is 7.38. The number of nitrogens with one attached hydrogen (secondary N) is 2. The quantitative estimate of drug-likeness (QED) is 0.296. The van der Waals surface area contributed by atoms with Gasteiger partial charge in [-0.15, -0.1) is 45.5 Å². The Morgan fingerprint density at radius 3 is 2.67 bits per heavy atom. The monoisotopic (exact) mass is 548 g/mol. The summed E-state index contributed by atoms with van der Waals surface area (Å²) in [7, 11) is 1.96. The van der Waals surface area contributed by atoms with Crippen LogP contribution >= 0.6 is 35.3 Å². The van der Waals surface area contributed by atoms with E-state index in [2.05, 4.69) is 45.0 Å². The molecule has 168 valence electrons. The van der Waals surface area contributed by atoms with E-state index < -0.39 is 0 Å². The summed E-state index contributed by atoms with van der Waals surface area (Å²) >= 11 is 1.68. The Morgan fingerprint density at radius 1 is 1.27 bits per heavy atom. The lowest BCUT2D eigenvalue weighted by Gasteiger charge is -2.26. The maximum Gasteiger partial charge on any atom is 0.192 e. The molecule has 0 spiro atoms. The summed E-state index contributed by atoms with van der Waals surface area (Å²) in [6.07, 6.45) is 0. The zero-order valence-electron chi connectivity index (χ0n) is 18.2. The first-order valence-electron chi connectivity index (χ1n) is 10.1. The molecular formula is C19H33IN8OS. The molecule has 3 rings (SSSR count). The average molecular weight is 548 g/mol. The van der Waals surface area contributed by atoms with Crippen LogP contribution in [0.4, 0.5) is 0 Å². The van der Waals surface area contributed by atoms with E-state index in [1.807, 2.05) is 18.5 Å². The second-order valence-electron chi connectivity index (χ2n) is 7.44. The summed E-state index contributed by atoms with van der Waals surface area (Å²) in [6.45, 7) is 12.8. The van der Waals surface area contributed by atoms with Gasteiger partial charge in [-0.1, -0.05) is 13.8 Å². The zero-order valence-corrected chi connectivity index (χ0v) is 21.4. The van der Waals surface area contributed by atoms with Gasteiger partial charge in [-0.3, -0.25) is 4.90 Å². The standard InChI is InChI=1S/C19H32N8OS.HI/c1-14(2)16-13-29-18(23-16)12-22-19(20-5-6-27-7-9-28-10-8-27)21-11-17-25-24-15(3)26(17)4;/h13-14H,5-12H2,1-4H3,(H2,20,21,22);1H. The number of guanidine groups is 1. The number of aryl methyl sites for hydroxylation is 1. The third kappa shape index (κ3) is 7.43. The normalized spacial score (nSPS) is 15.3. The van der Waals surface area contributed by atoms with Gasteiger partial charge in [0.05, 0.1) is 25.5 Å². The van der Waals surface area contributed by atoms with Gasteiger partial charge in [0.25, 0.3) is 0 Å². The molecule has 0 aliphatic carbocycles. The molecule has 1 aliphatic heterocycles. The van der Waals surface area contributed by atoms with Crippen LogP contribution in [0.5, 0.6) is 0 Å². The fourth-order valence-corrected chi connectivity index (χ4v) is 3.80. The molecule has 11 heteroatoms. The van der Waals surface area contributed by atoms with Gasteiger partial charge in [-0.2, -0.15) is 0 Å². The zero-order chi connectivity index (χ0) is 20.6. The number of morpholine rings is 1. The van der Waals surface area contributed by atoms with Gasteiger partial charge in [-0.05, 0) is 12.8 Å². The van der Waals surface area contributed by atoms with E-state index in [1.54, 1.807) is 11.3 Å². The molecule has 3 heterocycles. The molecule has 0 amide bonds. The number of nitrogens with zero attached hydrogens (tertiary/aromatic N) is 6. The molecule has 1 saturated heterocycles. The highest BCUT2D eigenvalue weighted by Gasteiger charge is 2.11. The lowest BCUT2D eigenvalue weighted by atomic mass is 10.2. The molecule has 9 nitrogen and oxygen atoms in total. The van der Waals surface area contributed by atoms with Gasteiger partial charge >= 0.3 is 0 Å². The van der Waals surface area contributed by atoms with Crippen LogP contribution in [0, 0.1) is 6.92 Å². The van der Waals surface area contributed by atoms with Crippen LogP contribution in [0.25, 0.3) is 0 Å². The van der Waals surface area contributed by atoms with Gasteiger partial charge in [0, 0.05) is 38.6 Å². The Balaban J connectivity index is 0.00000320. The van der Waals surface area contributed by atoms with Crippen molar-refractivity contribution >= 4 is 41.3 Å². The van der Waals surface area contributed by atoms with Crippen LogP contribution in [0.2, 0.25) is 0 Å². The maximum absolute atomic E-state index is 5.42. The number of hydrogen-bond acceptors (Lipinski definition) is 7. The molecule has 0 unspecified atom stereocenters.